The number of hydrogen-bond acceptors (Lipinski definition) is 7. The lowest BCUT2D eigenvalue weighted by Crippen LogP contribution is -2.47. The van der Waals surface area contributed by atoms with Crippen molar-refractivity contribution in [1.29, 1.82) is 0 Å². The number of carbonyl (C=O) groups is 2. The molecule has 2 amide bonds. The number of nitrogens with zero attached hydrogens (tertiary/aromatic N) is 4. The summed E-state index contributed by atoms with van der Waals surface area (Å²) in [6, 6.07) is 18.5. The Balaban J connectivity index is 1.58. The highest BCUT2D eigenvalue weighted by Gasteiger charge is 2.35. The molecule has 1 fully saturated rings. The van der Waals surface area contributed by atoms with Gasteiger partial charge in [-0.3, -0.25) is 14.5 Å². The average Bonchev–Trinajstić information content (AvgIpc) is 3.63. The number of aromatic hydroxyl groups is 1. The van der Waals surface area contributed by atoms with Crippen LogP contribution in [0.2, 0.25) is 0 Å². The molecule has 1 aliphatic heterocycles. The van der Waals surface area contributed by atoms with Gasteiger partial charge in [-0.2, -0.15) is 0 Å². The van der Waals surface area contributed by atoms with E-state index in [9.17, 15) is 14.7 Å². The van der Waals surface area contributed by atoms with Gasteiger partial charge in [-0.15, -0.1) is 5.10 Å². The Labute approximate surface area is 232 Å². The Morgan fingerprint density at radius 2 is 1.98 bits per heavy atom. The molecule has 0 saturated carbocycles. The molecule has 2 heterocycles. The monoisotopic (exact) mass is 543 g/mol. The van der Waals surface area contributed by atoms with Crippen molar-refractivity contribution in [1.82, 2.24) is 20.3 Å². The molecule has 4 aromatic rings. The highest BCUT2D eigenvalue weighted by molar-refractivity contribution is 6.02. The number of phenolic OH excluding ortho intramolecular Hbond substituents is 1. The van der Waals surface area contributed by atoms with E-state index in [1.807, 2.05) is 62.4 Å². The quantitative estimate of drug-likeness (QED) is 0.311. The van der Waals surface area contributed by atoms with Gasteiger partial charge in [0.25, 0.3) is 0 Å². The van der Waals surface area contributed by atoms with E-state index in [0.29, 0.717) is 42.0 Å². The van der Waals surface area contributed by atoms with E-state index < -0.39 is 6.04 Å². The summed E-state index contributed by atoms with van der Waals surface area (Å²) in [6.07, 6.45) is 1.73. The minimum absolute atomic E-state index is 0.0491. The molecule has 10 nitrogen and oxygen atoms in total. The zero-order chi connectivity index (χ0) is 28.1. The lowest BCUT2D eigenvalue weighted by atomic mass is 10.0. The molecule has 0 radical (unpaired) electrons. The van der Waals surface area contributed by atoms with Crippen molar-refractivity contribution in [3.8, 4) is 11.5 Å². The second-order valence-corrected chi connectivity index (χ2v) is 9.73. The first-order valence-electron chi connectivity index (χ1n) is 13.5. The van der Waals surface area contributed by atoms with E-state index >= 15 is 0 Å². The second kappa shape index (κ2) is 12.2. The van der Waals surface area contributed by atoms with Gasteiger partial charge in [-0.05, 0) is 68.1 Å². The Bertz CT molecular complexity index is 1500. The van der Waals surface area contributed by atoms with Gasteiger partial charge in [0, 0.05) is 18.8 Å². The minimum Gasteiger partial charge on any atom is -0.504 e. The molecular formula is C30H33N5O5. The molecule has 2 N–H and O–H groups in total. The number of fused-ring (bicyclic) bond motifs is 1. The fraction of sp³-hybridized carbons (Fsp3) is 0.333. The van der Waals surface area contributed by atoms with Crippen LogP contribution in [0.25, 0.3) is 11.0 Å². The van der Waals surface area contributed by atoms with E-state index in [-0.39, 0.29) is 36.0 Å². The molecule has 1 aliphatic rings. The van der Waals surface area contributed by atoms with Crippen molar-refractivity contribution in [3.05, 3.63) is 77.9 Å². The number of para-hydroxylation sites is 2. The minimum atomic E-state index is -1.07. The Morgan fingerprint density at radius 1 is 1.18 bits per heavy atom. The maximum absolute atomic E-state index is 14.2. The van der Waals surface area contributed by atoms with Crippen molar-refractivity contribution >= 4 is 28.5 Å². The third kappa shape index (κ3) is 5.76. The van der Waals surface area contributed by atoms with E-state index in [1.54, 1.807) is 12.1 Å². The number of aromatic nitrogens is 3. The second-order valence-electron chi connectivity index (χ2n) is 9.73. The summed E-state index contributed by atoms with van der Waals surface area (Å²) >= 11 is 0. The van der Waals surface area contributed by atoms with Crippen molar-refractivity contribution in [2.75, 3.05) is 24.7 Å². The van der Waals surface area contributed by atoms with Crippen molar-refractivity contribution in [2.45, 2.75) is 45.4 Å². The van der Waals surface area contributed by atoms with Crippen LogP contribution < -0.4 is 15.0 Å². The van der Waals surface area contributed by atoms with E-state index in [0.717, 1.165) is 18.4 Å². The molecule has 0 spiro atoms. The first-order valence-corrected chi connectivity index (χ1v) is 13.5. The van der Waals surface area contributed by atoms with E-state index in [4.69, 9.17) is 9.47 Å². The van der Waals surface area contributed by atoms with Gasteiger partial charge in [0.1, 0.15) is 18.1 Å². The lowest BCUT2D eigenvalue weighted by Gasteiger charge is -2.33. The number of rotatable bonds is 10. The van der Waals surface area contributed by atoms with Gasteiger partial charge in [-0.1, -0.05) is 41.6 Å². The average molecular weight is 544 g/mol. The van der Waals surface area contributed by atoms with Crippen LogP contribution in [-0.2, 0) is 20.9 Å². The zero-order valence-corrected chi connectivity index (χ0v) is 22.6. The summed E-state index contributed by atoms with van der Waals surface area (Å²) in [5, 5.41) is 21.8. The largest absolute Gasteiger partial charge is 0.504 e. The highest BCUT2D eigenvalue weighted by atomic mass is 16.5. The Morgan fingerprint density at radius 3 is 2.75 bits per heavy atom. The molecular weight excluding hydrogens is 510 g/mol. The van der Waals surface area contributed by atoms with Crippen molar-refractivity contribution in [2.24, 2.45) is 0 Å². The van der Waals surface area contributed by atoms with E-state index in [1.165, 1.54) is 15.6 Å². The predicted octanol–water partition coefficient (Wildman–Crippen LogP) is 3.91. The van der Waals surface area contributed by atoms with Crippen LogP contribution in [0, 0.1) is 6.92 Å². The van der Waals surface area contributed by atoms with Gasteiger partial charge >= 0.3 is 0 Å². The molecule has 1 aromatic heterocycles. The number of hydrogen-bond donors (Lipinski definition) is 2. The molecule has 2 atom stereocenters. The number of nitrogens with one attached hydrogen (secondary N) is 1. The topological polar surface area (TPSA) is 119 Å². The summed E-state index contributed by atoms with van der Waals surface area (Å²) in [4.78, 5) is 29.7. The number of phenols is 1. The molecule has 208 valence electrons. The number of carbonyl (C=O) groups excluding carboxylic acids is 2. The maximum Gasteiger partial charge on any atom is 0.249 e. The molecule has 0 bridgehead atoms. The maximum atomic E-state index is 14.2. The predicted molar refractivity (Wildman–Crippen MR) is 150 cm³/mol. The van der Waals surface area contributed by atoms with Gasteiger partial charge in [0.15, 0.2) is 11.5 Å². The standard InChI is InChI=1S/C30H33N5O5/c1-3-39-27-17-21(14-15-26(27)36)29(30(38)31-18-22-10-8-16-40-22)35(24-12-6-4-9-20(24)2)28(37)19-34-25-13-7-5-11-23(25)32-33-34/h4-7,9,11-15,17,22,29,36H,3,8,10,16,18-19H2,1-2H3,(H,31,38)/t22-,29+/m1/s1. The number of ether oxygens (including phenoxy) is 2. The van der Waals surface area contributed by atoms with Gasteiger partial charge in [0.05, 0.1) is 18.2 Å². The SMILES string of the molecule is CCOc1cc([C@@H](C(=O)NC[C@H]2CCCO2)N(C(=O)Cn2nnc3ccccc32)c2ccccc2C)ccc1O. The van der Waals surface area contributed by atoms with Crippen LogP contribution in [-0.4, -0.2) is 57.8 Å². The Kier molecular flexibility index (Phi) is 8.26. The molecule has 5 rings (SSSR count). The third-order valence-corrected chi connectivity index (χ3v) is 6.98. The summed E-state index contributed by atoms with van der Waals surface area (Å²) in [7, 11) is 0. The molecule has 40 heavy (non-hydrogen) atoms. The van der Waals surface area contributed by atoms with Gasteiger partial charge in [-0.25, -0.2) is 4.68 Å². The fourth-order valence-electron chi connectivity index (χ4n) is 5.00. The third-order valence-electron chi connectivity index (χ3n) is 6.98. The smallest absolute Gasteiger partial charge is 0.249 e. The van der Waals surface area contributed by atoms with E-state index in [2.05, 4.69) is 15.6 Å². The molecule has 0 aliphatic carbocycles. The number of benzene rings is 3. The number of aryl methyl sites for hydroxylation is 1. The summed E-state index contributed by atoms with van der Waals surface area (Å²) in [5.41, 5.74) is 3.28. The lowest BCUT2D eigenvalue weighted by molar-refractivity contribution is -0.127. The van der Waals surface area contributed by atoms with Crippen molar-refractivity contribution in [3.63, 3.8) is 0 Å². The highest BCUT2D eigenvalue weighted by Crippen LogP contribution is 2.35. The summed E-state index contributed by atoms with van der Waals surface area (Å²) in [6.45, 7) is 4.88. The summed E-state index contributed by atoms with van der Waals surface area (Å²) < 4.78 is 12.9. The number of anilines is 1. The molecule has 1 saturated heterocycles. The fourth-order valence-corrected chi connectivity index (χ4v) is 5.00. The van der Waals surface area contributed by atoms with Crippen LogP contribution in [0.5, 0.6) is 11.5 Å². The molecule has 10 heteroatoms. The van der Waals surface area contributed by atoms with Crippen molar-refractivity contribution < 1.29 is 24.2 Å². The molecule has 0 unspecified atom stereocenters. The van der Waals surface area contributed by atoms with Crippen LogP contribution in [0.3, 0.4) is 0 Å². The van der Waals surface area contributed by atoms with Gasteiger partial charge < -0.3 is 19.9 Å². The zero-order valence-electron chi connectivity index (χ0n) is 22.6. The van der Waals surface area contributed by atoms with Gasteiger partial charge in [0.2, 0.25) is 11.8 Å². The molecule has 3 aromatic carbocycles. The van der Waals surface area contributed by atoms with Crippen LogP contribution in [0.4, 0.5) is 5.69 Å². The van der Waals surface area contributed by atoms with Crippen LogP contribution in [0.1, 0.15) is 36.9 Å². The Hall–Kier alpha value is -4.44. The first kappa shape index (κ1) is 27.1. The summed E-state index contributed by atoms with van der Waals surface area (Å²) in [5.74, 6) is -0.541. The normalized spacial score (nSPS) is 15.6. The number of amides is 2. The van der Waals surface area contributed by atoms with Crippen LogP contribution >= 0.6 is 0 Å². The van der Waals surface area contributed by atoms with Crippen LogP contribution in [0.15, 0.2) is 66.7 Å². The first-order chi connectivity index (χ1) is 19.5.